The normalized spacial score (nSPS) is 10.2. The Morgan fingerprint density at radius 3 is 2.46 bits per heavy atom. The third-order valence-corrected chi connectivity index (χ3v) is 3.41. The summed E-state index contributed by atoms with van der Waals surface area (Å²) < 4.78 is 0. The number of hydrogen-bond donors (Lipinski definition) is 0. The molecule has 0 fully saturated rings. The fourth-order valence-corrected chi connectivity index (χ4v) is 2.50. The number of aldehydes is 1. The number of carbonyl (C=O) groups excluding carboxylic acids is 1. The van der Waals surface area contributed by atoms with Crippen molar-refractivity contribution in [3.8, 4) is 10.0 Å². The number of aryl methyl sites for hydroxylation is 1. The molecule has 5 heteroatoms. The fourth-order valence-electron chi connectivity index (χ4n) is 0.891. The van der Waals surface area contributed by atoms with E-state index in [0.717, 1.165) is 22.0 Å². The van der Waals surface area contributed by atoms with Crippen molar-refractivity contribution < 1.29 is 4.79 Å². The van der Waals surface area contributed by atoms with Gasteiger partial charge in [-0.05, 0) is 6.92 Å². The van der Waals surface area contributed by atoms with Gasteiger partial charge in [0.1, 0.15) is 5.69 Å². The first kappa shape index (κ1) is 8.52. The molecule has 0 unspecified atom stereocenters. The Morgan fingerprint density at radius 1 is 1.23 bits per heavy atom. The minimum absolute atomic E-state index is 0.479. The average molecular weight is 210 g/mol. The van der Waals surface area contributed by atoms with Gasteiger partial charge in [-0.3, -0.25) is 4.79 Å². The minimum Gasteiger partial charge on any atom is -0.296 e. The van der Waals surface area contributed by atoms with Gasteiger partial charge in [-0.2, -0.15) is 0 Å². The van der Waals surface area contributed by atoms with Crippen molar-refractivity contribution in [3.05, 3.63) is 22.1 Å². The molecule has 0 aliphatic carbocycles. The molecule has 2 aromatic heterocycles. The van der Waals surface area contributed by atoms with Crippen molar-refractivity contribution in [2.75, 3.05) is 0 Å². The van der Waals surface area contributed by atoms with Crippen LogP contribution in [-0.2, 0) is 0 Å². The number of rotatable bonds is 2. The Labute approximate surface area is 83.1 Å². The summed E-state index contributed by atoms with van der Waals surface area (Å²) in [4.78, 5) is 18.8. The van der Waals surface area contributed by atoms with Crippen LogP contribution >= 0.6 is 22.7 Å². The van der Waals surface area contributed by atoms with Gasteiger partial charge in [0.15, 0.2) is 16.3 Å². The van der Waals surface area contributed by atoms with E-state index in [2.05, 4.69) is 9.97 Å². The summed E-state index contributed by atoms with van der Waals surface area (Å²) >= 11 is 2.99. The first-order chi connectivity index (χ1) is 6.29. The second-order valence-corrected chi connectivity index (χ2v) is 4.21. The van der Waals surface area contributed by atoms with Gasteiger partial charge in [-0.15, -0.1) is 22.7 Å². The highest BCUT2D eigenvalue weighted by Crippen LogP contribution is 2.26. The van der Waals surface area contributed by atoms with Crippen molar-refractivity contribution in [2.24, 2.45) is 0 Å². The number of aromatic nitrogens is 2. The molecule has 0 saturated carbocycles. The van der Waals surface area contributed by atoms with Gasteiger partial charge in [0.25, 0.3) is 0 Å². The summed E-state index contributed by atoms with van der Waals surface area (Å²) in [7, 11) is 0. The molecular weight excluding hydrogens is 204 g/mol. The van der Waals surface area contributed by atoms with Crippen LogP contribution in [0.4, 0.5) is 0 Å². The van der Waals surface area contributed by atoms with Crippen LogP contribution in [0.15, 0.2) is 10.8 Å². The van der Waals surface area contributed by atoms with Crippen LogP contribution in [0.2, 0.25) is 0 Å². The van der Waals surface area contributed by atoms with E-state index in [1.54, 1.807) is 16.7 Å². The summed E-state index contributed by atoms with van der Waals surface area (Å²) in [5.74, 6) is 0. The van der Waals surface area contributed by atoms with Gasteiger partial charge >= 0.3 is 0 Å². The van der Waals surface area contributed by atoms with Crippen LogP contribution in [-0.4, -0.2) is 16.3 Å². The topological polar surface area (TPSA) is 42.9 Å². The van der Waals surface area contributed by atoms with Crippen LogP contribution in [0.1, 0.15) is 16.2 Å². The smallest absolute Gasteiger partial charge is 0.169 e. The van der Waals surface area contributed by atoms with Gasteiger partial charge in [0.05, 0.1) is 0 Å². The predicted molar refractivity (Wildman–Crippen MR) is 53.3 cm³/mol. The highest BCUT2D eigenvalue weighted by atomic mass is 32.1. The SMILES string of the molecule is Cc1csc(-c2nc(C=O)cs2)n1. The molecule has 0 amide bonds. The molecule has 2 heterocycles. The highest BCUT2D eigenvalue weighted by molar-refractivity contribution is 7.19. The Morgan fingerprint density at radius 2 is 1.92 bits per heavy atom. The molecule has 0 radical (unpaired) electrons. The van der Waals surface area contributed by atoms with E-state index in [-0.39, 0.29) is 0 Å². The van der Waals surface area contributed by atoms with Crippen LogP contribution in [0, 0.1) is 6.92 Å². The monoisotopic (exact) mass is 210 g/mol. The molecule has 3 nitrogen and oxygen atoms in total. The zero-order valence-electron chi connectivity index (χ0n) is 6.85. The van der Waals surface area contributed by atoms with Crippen molar-refractivity contribution in [1.82, 2.24) is 9.97 Å². The van der Waals surface area contributed by atoms with E-state index in [4.69, 9.17) is 0 Å². The van der Waals surface area contributed by atoms with E-state index < -0.39 is 0 Å². The first-order valence-corrected chi connectivity index (χ1v) is 5.39. The summed E-state index contributed by atoms with van der Waals surface area (Å²) in [5, 5.41) is 5.41. The number of nitrogens with zero attached hydrogens (tertiary/aromatic N) is 2. The lowest BCUT2D eigenvalue weighted by atomic mass is 10.5. The summed E-state index contributed by atoms with van der Waals surface area (Å²) in [5.41, 5.74) is 1.47. The van der Waals surface area contributed by atoms with Crippen LogP contribution in [0.25, 0.3) is 10.0 Å². The zero-order chi connectivity index (χ0) is 9.26. The van der Waals surface area contributed by atoms with Gasteiger partial charge < -0.3 is 0 Å². The second-order valence-electron chi connectivity index (χ2n) is 2.49. The third kappa shape index (κ3) is 1.66. The van der Waals surface area contributed by atoms with Crippen molar-refractivity contribution in [1.29, 1.82) is 0 Å². The molecule has 0 aliphatic heterocycles. The molecular formula is C8H6N2OS2. The van der Waals surface area contributed by atoms with Gasteiger partial charge in [-0.25, -0.2) is 9.97 Å². The molecule has 13 heavy (non-hydrogen) atoms. The molecule has 0 saturated heterocycles. The summed E-state index contributed by atoms with van der Waals surface area (Å²) in [6.45, 7) is 1.94. The lowest BCUT2D eigenvalue weighted by molar-refractivity contribution is 0.111. The first-order valence-electron chi connectivity index (χ1n) is 3.63. The molecule has 0 atom stereocenters. The van der Waals surface area contributed by atoms with Crippen molar-refractivity contribution >= 4 is 29.0 Å². The standard InChI is InChI=1S/C8H6N2OS2/c1-5-3-12-7(9-5)8-10-6(2-11)4-13-8/h2-4H,1H3. The highest BCUT2D eigenvalue weighted by Gasteiger charge is 2.06. The molecule has 0 spiro atoms. The number of carbonyl (C=O) groups is 1. The molecule has 0 aromatic carbocycles. The third-order valence-electron chi connectivity index (χ3n) is 1.44. The number of thiazole rings is 2. The van der Waals surface area contributed by atoms with Crippen LogP contribution in [0.3, 0.4) is 0 Å². The molecule has 2 rings (SSSR count). The Balaban J connectivity index is 2.40. The fraction of sp³-hybridized carbons (Fsp3) is 0.125. The van der Waals surface area contributed by atoms with Gasteiger partial charge in [-0.1, -0.05) is 0 Å². The quantitative estimate of drug-likeness (QED) is 0.715. The van der Waals surface area contributed by atoms with Crippen molar-refractivity contribution in [3.63, 3.8) is 0 Å². The van der Waals surface area contributed by atoms with E-state index in [0.29, 0.717) is 5.69 Å². The maximum Gasteiger partial charge on any atom is 0.169 e. The second kappa shape index (κ2) is 3.35. The zero-order valence-corrected chi connectivity index (χ0v) is 8.48. The Bertz CT molecular complexity index is 433. The molecule has 0 aliphatic rings. The van der Waals surface area contributed by atoms with Crippen molar-refractivity contribution in [2.45, 2.75) is 6.92 Å². The predicted octanol–water partition coefficient (Wildman–Crippen LogP) is 2.39. The van der Waals surface area contributed by atoms with Crippen LogP contribution < -0.4 is 0 Å². The summed E-state index contributed by atoms with van der Waals surface area (Å²) in [6.07, 6.45) is 0.750. The number of hydrogen-bond acceptors (Lipinski definition) is 5. The van der Waals surface area contributed by atoms with E-state index in [9.17, 15) is 4.79 Å². The molecule has 0 N–H and O–H groups in total. The summed E-state index contributed by atoms with van der Waals surface area (Å²) in [6, 6.07) is 0. The maximum absolute atomic E-state index is 10.4. The van der Waals surface area contributed by atoms with Crippen LogP contribution in [0.5, 0.6) is 0 Å². The molecule has 0 bridgehead atoms. The van der Waals surface area contributed by atoms with E-state index >= 15 is 0 Å². The maximum atomic E-state index is 10.4. The lowest BCUT2D eigenvalue weighted by Crippen LogP contribution is -1.79. The average Bonchev–Trinajstić information content (AvgIpc) is 2.71. The Kier molecular flexibility index (Phi) is 2.20. The molecule has 2 aromatic rings. The lowest BCUT2D eigenvalue weighted by Gasteiger charge is -1.84. The minimum atomic E-state index is 0.479. The molecule has 66 valence electrons. The Hall–Kier alpha value is -1.07. The van der Waals surface area contributed by atoms with E-state index in [1.807, 2.05) is 12.3 Å². The van der Waals surface area contributed by atoms with Gasteiger partial charge in [0, 0.05) is 16.5 Å². The van der Waals surface area contributed by atoms with Gasteiger partial charge in [0.2, 0.25) is 0 Å². The largest absolute Gasteiger partial charge is 0.296 e. The van der Waals surface area contributed by atoms with E-state index in [1.165, 1.54) is 11.3 Å².